The number of aryl methyl sites for hydroxylation is 1. The lowest BCUT2D eigenvalue weighted by atomic mass is 10.2. The van der Waals surface area contributed by atoms with Gasteiger partial charge < -0.3 is 9.84 Å². The van der Waals surface area contributed by atoms with Crippen LogP contribution in [0.5, 0.6) is 0 Å². The molecule has 0 saturated heterocycles. The van der Waals surface area contributed by atoms with E-state index in [1.165, 1.54) is 16.7 Å². The number of nitrogens with one attached hydrogen (secondary N) is 1. The summed E-state index contributed by atoms with van der Waals surface area (Å²) < 4.78 is 5.07. The van der Waals surface area contributed by atoms with Crippen molar-refractivity contribution < 1.29 is 9.32 Å². The maximum Gasteiger partial charge on any atom is 0.254 e. The van der Waals surface area contributed by atoms with Gasteiger partial charge >= 0.3 is 0 Å². The van der Waals surface area contributed by atoms with Gasteiger partial charge in [0.25, 0.3) is 5.91 Å². The molecular formula is C20H21N3O2S2. The Morgan fingerprint density at radius 3 is 2.78 bits per heavy atom. The fraction of sp³-hybridized carbons (Fsp3) is 0.250. The fourth-order valence-corrected chi connectivity index (χ4v) is 4.13. The summed E-state index contributed by atoms with van der Waals surface area (Å²) in [5, 5.41) is 7.67. The van der Waals surface area contributed by atoms with Crippen LogP contribution in [-0.4, -0.2) is 28.3 Å². The van der Waals surface area contributed by atoms with Gasteiger partial charge in [-0.05, 0) is 43.4 Å². The third-order valence-corrected chi connectivity index (χ3v) is 5.81. The minimum absolute atomic E-state index is 0.0911. The van der Waals surface area contributed by atoms with Crippen molar-refractivity contribution in [2.75, 3.05) is 12.3 Å². The van der Waals surface area contributed by atoms with Crippen molar-refractivity contribution in [3.05, 3.63) is 71.7 Å². The first kappa shape index (κ1) is 19.5. The lowest BCUT2D eigenvalue weighted by Gasteiger charge is -2.08. The molecule has 1 aromatic carbocycles. The molecule has 140 valence electrons. The second-order valence-electron chi connectivity index (χ2n) is 5.84. The van der Waals surface area contributed by atoms with Crippen LogP contribution in [0.2, 0.25) is 0 Å². The van der Waals surface area contributed by atoms with Crippen molar-refractivity contribution in [3.63, 3.8) is 0 Å². The molecule has 0 spiro atoms. The van der Waals surface area contributed by atoms with Gasteiger partial charge in [-0.1, -0.05) is 35.1 Å². The lowest BCUT2D eigenvalue weighted by molar-refractivity contribution is 0.0950. The third kappa shape index (κ3) is 6.15. The number of carbonyl (C=O) groups is 1. The van der Waals surface area contributed by atoms with Gasteiger partial charge in [-0.15, -0.1) is 11.8 Å². The van der Waals surface area contributed by atoms with Crippen molar-refractivity contribution in [2.24, 2.45) is 0 Å². The summed E-state index contributed by atoms with van der Waals surface area (Å²) in [7, 11) is 0. The topological polar surface area (TPSA) is 68.0 Å². The Balaban J connectivity index is 1.46. The summed E-state index contributed by atoms with van der Waals surface area (Å²) in [6.07, 6.45) is 2.61. The van der Waals surface area contributed by atoms with Gasteiger partial charge in [-0.3, -0.25) is 4.79 Å². The number of thioether (sulfide) groups is 2. The van der Waals surface area contributed by atoms with Gasteiger partial charge in [0.1, 0.15) is 10.8 Å². The maximum absolute atomic E-state index is 12.5. The zero-order valence-corrected chi connectivity index (χ0v) is 16.7. The number of carbonyl (C=O) groups excluding carboxylic acids is 1. The molecule has 0 unspecified atom stereocenters. The molecule has 0 bridgehead atoms. The molecule has 0 fully saturated rings. The molecule has 3 rings (SSSR count). The molecule has 3 aromatic rings. The molecule has 0 saturated carbocycles. The molecule has 2 heterocycles. The van der Waals surface area contributed by atoms with Crippen LogP contribution in [0.25, 0.3) is 0 Å². The Labute approximate surface area is 167 Å². The van der Waals surface area contributed by atoms with E-state index in [0.29, 0.717) is 22.9 Å². The molecule has 5 nitrogen and oxygen atoms in total. The van der Waals surface area contributed by atoms with Crippen molar-refractivity contribution >= 4 is 29.4 Å². The number of aromatic nitrogens is 2. The zero-order chi connectivity index (χ0) is 18.9. The van der Waals surface area contributed by atoms with Crippen LogP contribution in [0.4, 0.5) is 0 Å². The summed E-state index contributed by atoms with van der Waals surface area (Å²) in [4.78, 5) is 18.1. The van der Waals surface area contributed by atoms with Crippen molar-refractivity contribution in [1.82, 2.24) is 15.5 Å². The minimum Gasteiger partial charge on any atom is -0.361 e. The monoisotopic (exact) mass is 399 g/mol. The largest absolute Gasteiger partial charge is 0.361 e. The van der Waals surface area contributed by atoms with E-state index in [0.717, 1.165) is 23.6 Å². The second kappa shape index (κ2) is 10.2. The quantitative estimate of drug-likeness (QED) is 0.419. The molecule has 0 radical (unpaired) electrons. The third-order valence-electron chi connectivity index (χ3n) is 3.67. The number of nitrogens with zero attached hydrogens (tertiary/aromatic N) is 2. The van der Waals surface area contributed by atoms with Gasteiger partial charge in [0.05, 0.1) is 11.3 Å². The van der Waals surface area contributed by atoms with Crippen LogP contribution in [0, 0.1) is 6.92 Å². The predicted molar refractivity (Wildman–Crippen MR) is 109 cm³/mol. The molecule has 7 heteroatoms. The Morgan fingerprint density at radius 1 is 1.15 bits per heavy atom. The highest BCUT2D eigenvalue weighted by molar-refractivity contribution is 7.99. The smallest absolute Gasteiger partial charge is 0.254 e. The highest BCUT2D eigenvalue weighted by atomic mass is 32.2. The average molecular weight is 400 g/mol. The lowest BCUT2D eigenvalue weighted by Crippen LogP contribution is -2.25. The van der Waals surface area contributed by atoms with Crippen LogP contribution in [-0.2, 0) is 5.75 Å². The van der Waals surface area contributed by atoms with Crippen molar-refractivity contribution in [2.45, 2.75) is 29.0 Å². The number of hydrogen-bond donors (Lipinski definition) is 1. The first-order chi connectivity index (χ1) is 13.2. The minimum atomic E-state index is -0.0911. The van der Waals surface area contributed by atoms with Gasteiger partial charge in [-0.25, -0.2) is 4.98 Å². The van der Waals surface area contributed by atoms with E-state index in [1.807, 2.05) is 31.2 Å². The maximum atomic E-state index is 12.5. The Hall–Kier alpha value is -2.25. The molecular weight excluding hydrogens is 378 g/mol. The number of pyridine rings is 1. The van der Waals surface area contributed by atoms with E-state index in [4.69, 9.17) is 4.52 Å². The van der Waals surface area contributed by atoms with Crippen LogP contribution in [0.1, 0.15) is 28.2 Å². The summed E-state index contributed by atoms with van der Waals surface area (Å²) in [6, 6.07) is 15.7. The van der Waals surface area contributed by atoms with Gasteiger partial charge in [0, 0.05) is 29.5 Å². The Morgan fingerprint density at radius 2 is 2.00 bits per heavy atom. The van der Waals surface area contributed by atoms with E-state index >= 15 is 0 Å². The first-order valence-electron chi connectivity index (χ1n) is 8.68. The molecule has 1 N–H and O–H groups in total. The average Bonchev–Trinajstić information content (AvgIpc) is 3.12. The van der Waals surface area contributed by atoms with Crippen molar-refractivity contribution in [3.8, 4) is 0 Å². The Kier molecular flexibility index (Phi) is 7.36. The van der Waals surface area contributed by atoms with Crippen LogP contribution < -0.4 is 5.32 Å². The van der Waals surface area contributed by atoms with Gasteiger partial charge in [-0.2, -0.15) is 0 Å². The molecule has 1 amide bonds. The molecule has 0 aliphatic heterocycles. The highest BCUT2D eigenvalue weighted by Gasteiger charge is 2.13. The highest BCUT2D eigenvalue weighted by Crippen LogP contribution is 2.24. The molecule has 0 aliphatic rings. The van der Waals surface area contributed by atoms with E-state index in [-0.39, 0.29) is 5.91 Å². The molecule has 0 aliphatic carbocycles. The molecule has 27 heavy (non-hydrogen) atoms. The number of benzene rings is 1. The van der Waals surface area contributed by atoms with Crippen LogP contribution >= 0.6 is 23.5 Å². The SMILES string of the molecule is Cc1cc(CSc2ncccc2C(=O)NCCCSc2ccccc2)no1. The van der Waals surface area contributed by atoms with Crippen LogP contribution in [0.15, 0.2) is 69.2 Å². The number of hydrogen-bond acceptors (Lipinski definition) is 6. The molecule has 0 atom stereocenters. The van der Waals surface area contributed by atoms with E-state index in [2.05, 4.69) is 27.6 Å². The van der Waals surface area contributed by atoms with E-state index in [1.54, 1.807) is 30.1 Å². The van der Waals surface area contributed by atoms with Gasteiger partial charge in [0.2, 0.25) is 0 Å². The summed E-state index contributed by atoms with van der Waals surface area (Å²) in [6.45, 7) is 2.50. The van der Waals surface area contributed by atoms with Gasteiger partial charge in [0.15, 0.2) is 0 Å². The van der Waals surface area contributed by atoms with E-state index in [9.17, 15) is 4.79 Å². The van der Waals surface area contributed by atoms with E-state index < -0.39 is 0 Å². The zero-order valence-electron chi connectivity index (χ0n) is 15.1. The van der Waals surface area contributed by atoms with Crippen molar-refractivity contribution in [1.29, 1.82) is 0 Å². The fourth-order valence-electron chi connectivity index (χ4n) is 2.38. The second-order valence-corrected chi connectivity index (χ2v) is 7.98. The summed E-state index contributed by atoms with van der Waals surface area (Å²) in [5.41, 5.74) is 1.44. The van der Waals surface area contributed by atoms with Crippen LogP contribution in [0.3, 0.4) is 0 Å². The number of amides is 1. The Bertz CT molecular complexity index is 868. The predicted octanol–water partition coefficient (Wildman–Crippen LogP) is 4.58. The normalized spacial score (nSPS) is 10.7. The molecule has 2 aromatic heterocycles. The first-order valence-corrected chi connectivity index (χ1v) is 10.7. The summed E-state index contributed by atoms with van der Waals surface area (Å²) >= 11 is 3.28. The standard InChI is InChI=1S/C20H21N3O2S2/c1-15-13-16(23-25-15)14-27-20-18(9-5-10-22-20)19(24)21-11-6-12-26-17-7-3-2-4-8-17/h2-5,7-10,13H,6,11-12,14H2,1H3,(H,21,24). The summed E-state index contributed by atoms with van der Waals surface area (Å²) in [5.74, 6) is 2.26. The number of rotatable bonds is 9.